The molecule has 0 aliphatic carbocycles. The van der Waals surface area contributed by atoms with E-state index in [-0.39, 0.29) is 37.0 Å². The maximum atomic E-state index is 12.4. The average molecular weight is 667 g/mol. The smallest absolute Gasteiger partial charge is 0.297 e. The molecule has 2 N–H and O–H groups in total. The maximum Gasteiger partial charge on any atom is 0.297 e. The average Bonchev–Trinajstić information content (AvgIpc) is 2.50. The number of carbonyl (C=O) groups excluding carboxylic acids is 2. The summed E-state index contributed by atoms with van der Waals surface area (Å²) in [4.78, 5) is 35.6. The van der Waals surface area contributed by atoms with Crippen molar-refractivity contribution in [2.24, 2.45) is 0 Å². The predicted octanol–water partition coefficient (Wildman–Crippen LogP) is 3.24. The summed E-state index contributed by atoms with van der Waals surface area (Å²) >= 11 is 5.38. The molecule has 2 amide bonds. The van der Waals surface area contributed by atoms with Gasteiger partial charge in [-0.2, -0.15) is 0 Å². The molecule has 0 heterocycles. The highest BCUT2D eigenvalue weighted by Gasteiger charge is 2.32. The zero-order valence-electron chi connectivity index (χ0n) is 12.2. The molecule has 7 nitrogen and oxygen atoms in total. The Morgan fingerprint density at radius 1 is 0.958 bits per heavy atom. The normalized spacial score (nSPS) is 9.96. The summed E-state index contributed by atoms with van der Waals surface area (Å²) in [5, 5.41) is 16.6. The lowest BCUT2D eigenvalue weighted by atomic mass is 10.1. The number of carbonyl (C=O) groups is 2. The first-order valence-electron chi connectivity index (χ1n) is 6.40. The van der Waals surface area contributed by atoms with Crippen molar-refractivity contribution in [3.63, 3.8) is 0 Å². The van der Waals surface area contributed by atoms with Gasteiger partial charge in [0.15, 0.2) is 0 Å². The van der Waals surface area contributed by atoms with Crippen molar-refractivity contribution in [2.45, 2.75) is 0 Å². The van der Waals surface area contributed by atoms with Crippen molar-refractivity contribution in [3.8, 4) is 0 Å². The summed E-state index contributed by atoms with van der Waals surface area (Å²) in [6.07, 6.45) is 2.99. The van der Waals surface area contributed by atoms with Gasteiger partial charge in [-0.1, -0.05) is 12.2 Å². The Hall–Kier alpha value is -0.770. The van der Waals surface area contributed by atoms with Crippen molar-refractivity contribution < 1.29 is 14.5 Å². The highest BCUT2D eigenvalue weighted by molar-refractivity contribution is 14.1. The van der Waals surface area contributed by atoms with Gasteiger partial charge in [-0.05, 0) is 67.8 Å². The molecule has 24 heavy (non-hydrogen) atoms. The number of nitro groups is 1. The van der Waals surface area contributed by atoms with E-state index < -0.39 is 16.7 Å². The Morgan fingerprint density at radius 3 is 1.62 bits per heavy atom. The van der Waals surface area contributed by atoms with Crippen molar-refractivity contribution in [3.05, 3.63) is 57.3 Å². The molecule has 0 radical (unpaired) electrons. The van der Waals surface area contributed by atoms with E-state index in [9.17, 15) is 19.7 Å². The van der Waals surface area contributed by atoms with Crippen LogP contribution in [0.15, 0.2) is 25.3 Å². The van der Waals surface area contributed by atoms with Crippen LogP contribution in [0.4, 0.5) is 5.69 Å². The molecule has 0 spiro atoms. The highest BCUT2D eigenvalue weighted by Crippen LogP contribution is 2.36. The van der Waals surface area contributed by atoms with Gasteiger partial charge in [0.1, 0.15) is 7.14 Å². The number of nitrogens with zero attached hydrogens (tertiary/aromatic N) is 1. The maximum absolute atomic E-state index is 12.4. The molecule has 0 fully saturated rings. The van der Waals surface area contributed by atoms with Crippen LogP contribution in [0.2, 0.25) is 0 Å². The van der Waals surface area contributed by atoms with Gasteiger partial charge in [-0.15, -0.1) is 13.2 Å². The number of rotatable bonds is 7. The van der Waals surface area contributed by atoms with Gasteiger partial charge in [-0.3, -0.25) is 19.7 Å². The summed E-state index contributed by atoms with van der Waals surface area (Å²) in [5.74, 6) is -0.998. The number of amides is 2. The van der Waals surface area contributed by atoms with E-state index in [1.54, 1.807) is 45.2 Å². The Bertz CT molecular complexity index is 683. The van der Waals surface area contributed by atoms with Gasteiger partial charge in [0, 0.05) is 16.7 Å². The molecule has 1 aromatic rings. The van der Waals surface area contributed by atoms with Crippen LogP contribution in [0.1, 0.15) is 20.7 Å². The number of halogens is 3. The second-order valence-electron chi connectivity index (χ2n) is 4.30. The molecule has 0 unspecified atom stereocenters. The van der Waals surface area contributed by atoms with Crippen LogP contribution in [0.25, 0.3) is 0 Å². The van der Waals surface area contributed by atoms with E-state index in [1.807, 2.05) is 22.6 Å². The number of hydrogen-bond acceptors (Lipinski definition) is 4. The molecule has 0 aliphatic rings. The summed E-state index contributed by atoms with van der Waals surface area (Å²) in [7, 11) is 0. The van der Waals surface area contributed by atoms with Crippen molar-refractivity contribution in [1.82, 2.24) is 10.6 Å². The van der Waals surface area contributed by atoms with Crippen molar-refractivity contribution >= 4 is 85.3 Å². The van der Waals surface area contributed by atoms with Crippen LogP contribution in [0.5, 0.6) is 0 Å². The Labute approximate surface area is 179 Å². The molecule has 0 saturated heterocycles. The zero-order chi connectivity index (χ0) is 18.4. The first kappa shape index (κ1) is 21.3. The fourth-order valence-electron chi connectivity index (χ4n) is 1.72. The topological polar surface area (TPSA) is 101 Å². The zero-order valence-corrected chi connectivity index (χ0v) is 18.7. The lowest BCUT2D eigenvalue weighted by Crippen LogP contribution is -2.30. The SMILES string of the molecule is C=CCNC(=O)c1c(I)c(C(=O)NCC=C)c(I)c([N+](=O)[O-])c1I. The third-order valence-electron chi connectivity index (χ3n) is 2.74. The molecule has 0 aromatic heterocycles. The molecular formula is C14H12I3N3O4. The van der Waals surface area contributed by atoms with Gasteiger partial charge >= 0.3 is 0 Å². The van der Waals surface area contributed by atoms with E-state index in [0.29, 0.717) is 3.57 Å². The molecule has 0 atom stereocenters. The minimum Gasteiger partial charge on any atom is -0.349 e. The third-order valence-corrected chi connectivity index (χ3v) is 5.92. The Morgan fingerprint density at radius 2 is 1.33 bits per heavy atom. The molecule has 1 rings (SSSR count). The van der Waals surface area contributed by atoms with Crippen LogP contribution in [0.3, 0.4) is 0 Å². The molecule has 1 aromatic carbocycles. The van der Waals surface area contributed by atoms with Crippen molar-refractivity contribution in [1.29, 1.82) is 0 Å². The fourth-order valence-corrected chi connectivity index (χ4v) is 6.26. The summed E-state index contributed by atoms with van der Waals surface area (Å²) in [5.41, 5.74) is -0.0491. The van der Waals surface area contributed by atoms with E-state index in [0.717, 1.165) is 0 Å². The van der Waals surface area contributed by atoms with E-state index >= 15 is 0 Å². The second-order valence-corrected chi connectivity index (χ2v) is 7.53. The lowest BCUT2D eigenvalue weighted by Gasteiger charge is -2.14. The first-order valence-corrected chi connectivity index (χ1v) is 9.64. The number of nitro benzene ring substituents is 1. The highest BCUT2D eigenvalue weighted by atomic mass is 127. The molecule has 128 valence electrons. The molecule has 0 saturated carbocycles. The van der Waals surface area contributed by atoms with E-state index in [1.165, 1.54) is 12.2 Å². The Kier molecular flexibility index (Phi) is 8.55. The third kappa shape index (κ3) is 4.65. The monoisotopic (exact) mass is 667 g/mol. The summed E-state index contributed by atoms with van der Waals surface area (Å²) in [6.45, 7) is 7.44. The van der Waals surface area contributed by atoms with Gasteiger partial charge in [0.2, 0.25) is 0 Å². The quantitative estimate of drug-likeness (QED) is 0.202. The number of benzene rings is 1. The first-order chi connectivity index (χ1) is 11.3. The van der Waals surface area contributed by atoms with Crippen LogP contribution < -0.4 is 10.6 Å². The predicted molar refractivity (Wildman–Crippen MR) is 116 cm³/mol. The van der Waals surface area contributed by atoms with Crippen molar-refractivity contribution in [2.75, 3.05) is 13.1 Å². The molecule has 0 aliphatic heterocycles. The van der Waals surface area contributed by atoms with E-state index in [4.69, 9.17) is 0 Å². The van der Waals surface area contributed by atoms with Gasteiger partial charge in [0.05, 0.1) is 16.1 Å². The van der Waals surface area contributed by atoms with Crippen LogP contribution in [0, 0.1) is 20.8 Å². The second kappa shape index (κ2) is 9.65. The number of nitrogens with one attached hydrogen (secondary N) is 2. The molecular weight excluding hydrogens is 655 g/mol. The summed E-state index contributed by atoms with van der Waals surface area (Å²) < 4.78 is 0.733. The van der Waals surface area contributed by atoms with Crippen LogP contribution >= 0.6 is 67.8 Å². The number of hydrogen-bond donors (Lipinski definition) is 2. The minimum absolute atomic E-state index is 0.105. The molecule has 0 bridgehead atoms. The standard InChI is InChI=1S/C14H12I3N3O4/c1-3-5-18-13(21)7-9(15)8(14(22)19-6-4-2)11(17)12(10(7)16)20(23)24/h3-4H,1-2,5-6H2,(H,18,21)(H,19,22). The van der Waals surface area contributed by atoms with Gasteiger partial charge in [-0.25, -0.2) is 0 Å². The van der Waals surface area contributed by atoms with Crippen LogP contribution in [-0.2, 0) is 0 Å². The van der Waals surface area contributed by atoms with Gasteiger partial charge in [0.25, 0.3) is 17.5 Å². The summed E-state index contributed by atoms with van der Waals surface area (Å²) in [6, 6.07) is 0. The van der Waals surface area contributed by atoms with Crippen LogP contribution in [-0.4, -0.2) is 29.8 Å². The Balaban J connectivity index is 3.64. The minimum atomic E-state index is -0.589. The molecule has 10 heteroatoms. The lowest BCUT2D eigenvalue weighted by molar-refractivity contribution is -0.386. The van der Waals surface area contributed by atoms with Gasteiger partial charge < -0.3 is 10.6 Å². The van der Waals surface area contributed by atoms with E-state index in [2.05, 4.69) is 23.8 Å². The largest absolute Gasteiger partial charge is 0.349 e. The fraction of sp³-hybridized carbons (Fsp3) is 0.143.